The number of nitrogens with one attached hydrogen (secondary N) is 1. The molecule has 184 valence electrons. The summed E-state index contributed by atoms with van der Waals surface area (Å²) in [4.78, 5) is 47.1. The minimum atomic E-state index is -1.51. The number of para-hydroxylation sites is 1. The van der Waals surface area contributed by atoms with Crippen molar-refractivity contribution in [3.63, 3.8) is 0 Å². The fraction of sp³-hybridized carbons (Fsp3) is 0.154. The zero-order chi connectivity index (χ0) is 25.7. The molecule has 4 rings (SSSR count). The van der Waals surface area contributed by atoms with Crippen LogP contribution in [0.3, 0.4) is 0 Å². The van der Waals surface area contributed by atoms with E-state index in [-0.39, 0.29) is 30.4 Å². The molecule has 1 heterocycles. The molecule has 0 aliphatic carbocycles. The van der Waals surface area contributed by atoms with E-state index in [1.54, 1.807) is 59.2 Å². The summed E-state index contributed by atoms with van der Waals surface area (Å²) in [6.07, 6.45) is -0.132. The highest BCUT2D eigenvalue weighted by molar-refractivity contribution is 7.16. The van der Waals surface area contributed by atoms with Crippen LogP contribution >= 0.6 is 11.3 Å². The summed E-state index contributed by atoms with van der Waals surface area (Å²) in [7, 11) is 0. The van der Waals surface area contributed by atoms with E-state index in [0.29, 0.717) is 32.8 Å². The zero-order valence-corrected chi connectivity index (χ0v) is 19.7. The number of anilines is 1. The van der Waals surface area contributed by atoms with Gasteiger partial charge in [-0.05, 0) is 54.4 Å². The van der Waals surface area contributed by atoms with E-state index < -0.39 is 17.9 Å². The first-order chi connectivity index (χ1) is 17.3. The summed E-state index contributed by atoms with van der Waals surface area (Å²) in [6.45, 7) is 0.491. The predicted octanol–water partition coefficient (Wildman–Crippen LogP) is 3.72. The minimum Gasteiger partial charge on any atom is -0.492 e. The van der Waals surface area contributed by atoms with Crippen molar-refractivity contribution in [2.75, 3.05) is 11.9 Å². The van der Waals surface area contributed by atoms with Crippen molar-refractivity contribution in [1.29, 1.82) is 0 Å². The number of amides is 1. The average Bonchev–Trinajstić information content (AvgIpc) is 3.17. The van der Waals surface area contributed by atoms with E-state index in [2.05, 4.69) is 5.32 Å². The number of carbonyl (C=O) groups is 3. The second-order valence-electron chi connectivity index (χ2n) is 7.95. The van der Waals surface area contributed by atoms with Gasteiger partial charge in [-0.25, -0.2) is 0 Å². The van der Waals surface area contributed by atoms with Crippen LogP contribution in [-0.2, 0) is 22.6 Å². The maximum atomic E-state index is 12.6. The number of benzene rings is 3. The molecule has 3 N–H and O–H groups in total. The Balaban J connectivity index is 1.38. The summed E-state index contributed by atoms with van der Waals surface area (Å²) in [5.41, 5.74) is 2.39. The largest absolute Gasteiger partial charge is 0.492 e. The van der Waals surface area contributed by atoms with Gasteiger partial charge in [-0.15, -0.1) is 0 Å². The molecule has 0 radical (unpaired) electrons. The Morgan fingerprint density at radius 3 is 2.31 bits per heavy atom. The lowest BCUT2D eigenvalue weighted by molar-refractivity contribution is -0.154. The standard InChI is InChI=1S/C26H22N2O7S/c29-23(27-18-4-2-1-3-5-18)17-8-11-21-22(15-17)36-26(34)28(21)12-13-35-19-9-6-16(7-10-19)14-20(24(30)31)25(32)33/h1-11,15,20H,12-14H2,(H,27,29)(H,30,31)(H,32,33). The van der Waals surface area contributed by atoms with Gasteiger partial charge in [0.25, 0.3) is 5.91 Å². The van der Waals surface area contributed by atoms with E-state index in [1.807, 2.05) is 18.2 Å². The van der Waals surface area contributed by atoms with Crippen LogP contribution in [0.25, 0.3) is 10.2 Å². The topological polar surface area (TPSA) is 135 Å². The Bertz CT molecular complexity index is 1450. The molecular weight excluding hydrogens is 484 g/mol. The summed E-state index contributed by atoms with van der Waals surface area (Å²) in [5.74, 6) is -4.05. The third-order valence-corrected chi connectivity index (χ3v) is 6.45. The second kappa shape index (κ2) is 10.9. The van der Waals surface area contributed by atoms with Crippen molar-refractivity contribution in [2.24, 2.45) is 5.92 Å². The molecule has 0 aliphatic rings. The molecule has 0 unspecified atom stereocenters. The molecule has 3 aromatic carbocycles. The lowest BCUT2D eigenvalue weighted by atomic mass is 10.00. The molecule has 4 aromatic rings. The number of ether oxygens (including phenoxy) is 1. The lowest BCUT2D eigenvalue weighted by Crippen LogP contribution is -2.25. The highest BCUT2D eigenvalue weighted by atomic mass is 32.1. The molecule has 1 aromatic heterocycles. The highest BCUT2D eigenvalue weighted by Crippen LogP contribution is 2.21. The molecular formula is C26H22N2O7S. The summed E-state index contributed by atoms with van der Waals surface area (Å²) >= 11 is 1.05. The van der Waals surface area contributed by atoms with Crippen molar-refractivity contribution < 1.29 is 29.3 Å². The lowest BCUT2D eigenvalue weighted by Gasteiger charge is -2.10. The highest BCUT2D eigenvalue weighted by Gasteiger charge is 2.25. The first-order valence-electron chi connectivity index (χ1n) is 11.0. The number of rotatable bonds is 10. The van der Waals surface area contributed by atoms with Gasteiger partial charge in [-0.2, -0.15) is 0 Å². The third-order valence-electron chi connectivity index (χ3n) is 5.51. The van der Waals surface area contributed by atoms with Crippen LogP contribution in [0.15, 0.2) is 77.6 Å². The maximum Gasteiger partial charge on any atom is 0.318 e. The number of hydrogen-bond donors (Lipinski definition) is 3. The van der Waals surface area contributed by atoms with E-state index in [1.165, 1.54) is 0 Å². The number of carbonyl (C=O) groups excluding carboxylic acids is 1. The van der Waals surface area contributed by atoms with E-state index in [0.717, 1.165) is 11.3 Å². The molecule has 0 aliphatic heterocycles. The van der Waals surface area contributed by atoms with Crippen LogP contribution in [0.5, 0.6) is 5.75 Å². The molecule has 10 heteroatoms. The fourth-order valence-corrected chi connectivity index (χ4v) is 4.59. The van der Waals surface area contributed by atoms with Gasteiger partial charge in [0.1, 0.15) is 12.4 Å². The van der Waals surface area contributed by atoms with E-state index >= 15 is 0 Å². The Kier molecular flexibility index (Phi) is 7.45. The smallest absolute Gasteiger partial charge is 0.318 e. The zero-order valence-electron chi connectivity index (χ0n) is 18.9. The first-order valence-corrected chi connectivity index (χ1v) is 11.8. The van der Waals surface area contributed by atoms with Crippen molar-refractivity contribution in [1.82, 2.24) is 4.57 Å². The number of carboxylic acids is 2. The molecule has 0 fully saturated rings. The van der Waals surface area contributed by atoms with Crippen molar-refractivity contribution in [2.45, 2.75) is 13.0 Å². The van der Waals surface area contributed by atoms with Gasteiger partial charge in [0.15, 0.2) is 5.92 Å². The average molecular weight is 507 g/mol. The number of hydrogen-bond acceptors (Lipinski definition) is 6. The van der Waals surface area contributed by atoms with Gasteiger partial charge < -0.3 is 20.3 Å². The number of carboxylic acid groups (broad SMARTS) is 2. The molecule has 0 saturated carbocycles. The maximum absolute atomic E-state index is 12.6. The van der Waals surface area contributed by atoms with Gasteiger partial charge in [-0.1, -0.05) is 41.7 Å². The monoisotopic (exact) mass is 506 g/mol. The Morgan fingerprint density at radius 2 is 1.64 bits per heavy atom. The van der Waals surface area contributed by atoms with Crippen LogP contribution in [-0.4, -0.2) is 39.2 Å². The van der Waals surface area contributed by atoms with Gasteiger partial charge in [0.05, 0.1) is 16.8 Å². The van der Waals surface area contributed by atoms with Crippen molar-refractivity contribution >= 4 is 45.1 Å². The molecule has 9 nitrogen and oxygen atoms in total. The normalized spacial score (nSPS) is 10.9. The van der Waals surface area contributed by atoms with Gasteiger partial charge in [-0.3, -0.25) is 23.7 Å². The number of aromatic nitrogens is 1. The number of nitrogens with zero attached hydrogens (tertiary/aromatic N) is 1. The molecule has 1 amide bonds. The first kappa shape index (κ1) is 24.7. The number of thiazole rings is 1. The summed E-state index contributed by atoms with van der Waals surface area (Å²) in [6, 6.07) is 20.7. The van der Waals surface area contributed by atoms with Crippen LogP contribution in [0.4, 0.5) is 5.69 Å². The Hall–Kier alpha value is -4.44. The summed E-state index contributed by atoms with van der Waals surface area (Å²) < 4.78 is 7.99. The Labute approximate surface area is 209 Å². The quantitative estimate of drug-likeness (QED) is 0.279. The van der Waals surface area contributed by atoms with Crippen LogP contribution in [0, 0.1) is 5.92 Å². The minimum absolute atomic E-state index is 0.132. The van der Waals surface area contributed by atoms with E-state index in [9.17, 15) is 19.2 Å². The van der Waals surface area contributed by atoms with Gasteiger partial charge in [0, 0.05) is 11.3 Å². The fourth-order valence-electron chi connectivity index (χ4n) is 3.64. The third kappa shape index (κ3) is 5.78. The molecule has 0 bridgehead atoms. The van der Waals surface area contributed by atoms with Crippen molar-refractivity contribution in [3.05, 3.63) is 93.6 Å². The Morgan fingerprint density at radius 1 is 0.944 bits per heavy atom. The molecule has 0 saturated heterocycles. The van der Waals surface area contributed by atoms with Crippen LogP contribution in [0.2, 0.25) is 0 Å². The van der Waals surface area contributed by atoms with Gasteiger partial charge >= 0.3 is 16.8 Å². The molecule has 0 atom stereocenters. The van der Waals surface area contributed by atoms with E-state index in [4.69, 9.17) is 14.9 Å². The second-order valence-corrected chi connectivity index (χ2v) is 8.94. The van der Waals surface area contributed by atoms with Crippen molar-refractivity contribution in [3.8, 4) is 5.75 Å². The van der Waals surface area contributed by atoms with Crippen LogP contribution < -0.4 is 14.9 Å². The SMILES string of the molecule is O=C(Nc1ccccc1)c1ccc2c(c1)sc(=O)n2CCOc1ccc(CC(C(=O)O)C(=O)O)cc1. The molecule has 36 heavy (non-hydrogen) atoms. The predicted molar refractivity (Wildman–Crippen MR) is 135 cm³/mol. The number of aliphatic carboxylic acids is 2. The summed E-state index contributed by atoms with van der Waals surface area (Å²) in [5, 5.41) is 20.9. The van der Waals surface area contributed by atoms with Crippen LogP contribution in [0.1, 0.15) is 15.9 Å². The number of fused-ring (bicyclic) bond motifs is 1. The van der Waals surface area contributed by atoms with Gasteiger partial charge in [0.2, 0.25) is 0 Å². The molecule has 0 spiro atoms.